The number of benzene rings is 1. The van der Waals surface area contributed by atoms with E-state index in [2.05, 4.69) is 18.8 Å². The van der Waals surface area contributed by atoms with Crippen LogP contribution < -0.4 is 5.73 Å². The van der Waals surface area contributed by atoms with Gasteiger partial charge in [-0.3, -0.25) is 4.79 Å². The zero-order chi connectivity index (χ0) is 15.2. The fraction of sp³-hybridized carbons (Fsp3) is 0.438. The van der Waals surface area contributed by atoms with Gasteiger partial charge in [-0.2, -0.15) is 11.8 Å². The van der Waals surface area contributed by atoms with Crippen molar-refractivity contribution in [3.8, 4) is 11.8 Å². The van der Waals surface area contributed by atoms with Crippen LogP contribution in [0.3, 0.4) is 0 Å². The predicted octanol–water partition coefficient (Wildman–Crippen LogP) is 2.10. The maximum Gasteiger partial charge on any atom is 0.255 e. The third kappa shape index (κ3) is 3.99. The molecule has 21 heavy (non-hydrogen) atoms. The highest BCUT2D eigenvalue weighted by molar-refractivity contribution is 8.00. The highest BCUT2D eigenvalue weighted by atomic mass is 32.2. The van der Waals surface area contributed by atoms with Gasteiger partial charge in [-0.05, 0) is 24.6 Å². The Balaban J connectivity index is 2.27. The fourth-order valence-electron chi connectivity index (χ4n) is 2.27. The van der Waals surface area contributed by atoms with Crippen LogP contribution in [0.1, 0.15) is 29.3 Å². The maximum atomic E-state index is 13.5. The third-order valence-corrected chi connectivity index (χ3v) is 4.79. The van der Waals surface area contributed by atoms with E-state index < -0.39 is 5.82 Å². The van der Waals surface area contributed by atoms with Crippen molar-refractivity contribution in [1.82, 2.24) is 4.90 Å². The Bertz CT molecular complexity index is 579. The van der Waals surface area contributed by atoms with Gasteiger partial charge in [0, 0.05) is 29.7 Å². The quantitative estimate of drug-likeness (QED) is 0.851. The lowest BCUT2D eigenvalue weighted by Crippen LogP contribution is -2.42. The number of nitrogens with zero attached hydrogens (tertiary/aromatic N) is 1. The molecule has 0 spiro atoms. The lowest BCUT2D eigenvalue weighted by atomic mass is 10.1. The second kappa shape index (κ2) is 7.48. The van der Waals surface area contributed by atoms with Crippen LogP contribution in [-0.4, -0.2) is 41.4 Å². The van der Waals surface area contributed by atoms with E-state index in [0.29, 0.717) is 29.5 Å². The molecule has 1 saturated heterocycles. The summed E-state index contributed by atoms with van der Waals surface area (Å²) in [5.74, 6) is 5.93. The molecule has 3 nitrogen and oxygen atoms in total. The van der Waals surface area contributed by atoms with Crippen LogP contribution in [0.4, 0.5) is 4.39 Å². The van der Waals surface area contributed by atoms with Crippen LogP contribution >= 0.6 is 11.8 Å². The minimum atomic E-state index is -0.421. The van der Waals surface area contributed by atoms with Crippen molar-refractivity contribution in [2.24, 2.45) is 5.73 Å². The molecule has 0 aliphatic carbocycles. The van der Waals surface area contributed by atoms with E-state index in [-0.39, 0.29) is 12.5 Å². The molecule has 1 atom stereocenters. The number of carbonyl (C=O) groups is 1. The number of carbonyl (C=O) groups excluding carboxylic acids is 1. The molecule has 1 amide bonds. The van der Waals surface area contributed by atoms with Crippen molar-refractivity contribution < 1.29 is 9.18 Å². The molecule has 1 aromatic rings. The highest BCUT2D eigenvalue weighted by Crippen LogP contribution is 2.23. The van der Waals surface area contributed by atoms with E-state index in [0.717, 1.165) is 12.2 Å². The molecule has 2 N–H and O–H groups in total. The molecule has 1 unspecified atom stereocenters. The van der Waals surface area contributed by atoms with E-state index in [1.54, 1.807) is 11.0 Å². The van der Waals surface area contributed by atoms with Gasteiger partial charge in [0.2, 0.25) is 0 Å². The van der Waals surface area contributed by atoms with Crippen molar-refractivity contribution in [2.75, 3.05) is 25.4 Å². The van der Waals surface area contributed by atoms with Crippen molar-refractivity contribution >= 4 is 17.7 Å². The number of halogens is 1. The average Bonchev–Trinajstić information content (AvgIpc) is 2.53. The SMILES string of the molecule is CCC1CN(C(=O)c2cc(F)ccc2C#CCN)CCS1. The molecule has 1 aliphatic heterocycles. The van der Waals surface area contributed by atoms with E-state index >= 15 is 0 Å². The second-order valence-corrected chi connectivity index (χ2v) is 6.26. The third-order valence-electron chi connectivity index (χ3n) is 3.42. The summed E-state index contributed by atoms with van der Waals surface area (Å²) >= 11 is 1.89. The standard InChI is InChI=1S/C16H19FN2OS/c1-2-14-11-19(8-9-21-14)16(20)15-10-13(17)6-5-12(15)4-3-7-18/h5-6,10,14H,2,7-9,11,18H2,1H3. The second-order valence-electron chi connectivity index (χ2n) is 4.85. The Morgan fingerprint density at radius 3 is 3.10 bits per heavy atom. The van der Waals surface area contributed by atoms with Gasteiger partial charge in [-0.25, -0.2) is 4.39 Å². The van der Waals surface area contributed by atoms with Crippen LogP contribution in [0.25, 0.3) is 0 Å². The van der Waals surface area contributed by atoms with E-state index in [9.17, 15) is 9.18 Å². The Hall–Kier alpha value is -1.51. The van der Waals surface area contributed by atoms with Gasteiger partial charge >= 0.3 is 0 Å². The first-order valence-corrected chi connectivity index (χ1v) is 8.10. The van der Waals surface area contributed by atoms with Gasteiger partial charge < -0.3 is 10.6 Å². The van der Waals surface area contributed by atoms with Gasteiger partial charge in [0.1, 0.15) is 5.82 Å². The van der Waals surface area contributed by atoms with Gasteiger partial charge in [0.05, 0.1) is 12.1 Å². The van der Waals surface area contributed by atoms with Crippen LogP contribution in [-0.2, 0) is 0 Å². The van der Waals surface area contributed by atoms with Crippen LogP contribution in [0.15, 0.2) is 18.2 Å². The van der Waals surface area contributed by atoms with Crippen LogP contribution in [0, 0.1) is 17.7 Å². The maximum absolute atomic E-state index is 13.5. The van der Waals surface area contributed by atoms with Crippen LogP contribution in [0.5, 0.6) is 0 Å². The van der Waals surface area contributed by atoms with Gasteiger partial charge in [-0.1, -0.05) is 18.8 Å². The van der Waals surface area contributed by atoms with Crippen molar-refractivity contribution in [1.29, 1.82) is 0 Å². The normalized spacial score (nSPS) is 18.0. The first-order chi connectivity index (χ1) is 10.2. The molecule has 112 valence electrons. The topological polar surface area (TPSA) is 46.3 Å². The summed E-state index contributed by atoms with van der Waals surface area (Å²) in [7, 11) is 0. The van der Waals surface area contributed by atoms with E-state index in [4.69, 9.17) is 5.73 Å². The lowest BCUT2D eigenvalue weighted by molar-refractivity contribution is 0.0760. The molecule has 0 aromatic heterocycles. The number of amides is 1. The molecular formula is C16H19FN2OS. The van der Waals surface area contributed by atoms with Crippen molar-refractivity contribution in [3.63, 3.8) is 0 Å². The molecule has 0 radical (unpaired) electrons. The molecule has 0 saturated carbocycles. The van der Waals surface area contributed by atoms with Gasteiger partial charge in [-0.15, -0.1) is 0 Å². The lowest BCUT2D eigenvalue weighted by Gasteiger charge is -2.32. The average molecular weight is 306 g/mol. The summed E-state index contributed by atoms with van der Waals surface area (Å²) in [6.07, 6.45) is 1.03. The number of nitrogens with two attached hydrogens (primary N) is 1. The first kappa shape index (κ1) is 15.9. The molecule has 1 aromatic carbocycles. The molecule has 5 heteroatoms. The Morgan fingerprint density at radius 1 is 1.57 bits per heavy atom. The molecule has 1 aliphatic rings. The molecule has 1 fully saturated rings. The number of thioether (sulfide) groups is 1. The number of hydrogen-bond donors (Lipinski definition) is 1. The number of rotatable bonds is 2. The summed E-state index contributed by atoms with van der Waals surface area (Å²) < 4.78 is 13.5. The smallest absolute Gasteiger partial charge is 0.255 e. The summed E-state index contributed by atoms with van der Waals surface area (Å²) in [5, 5.41) is 0.454. The molecular weight excluding hydrogens is 287 g/mol. The Labute approximate surface area is 129 Å². The first-order valence-electron chi connectivity index (χ1n) is 7.05. The monoisotopic (exact) mass is 306 g/mol. The Kier molecular flexibility index (Phi) is 5.66. The minimum absolute atomic E-state index is 0.144. The summed E-state index contributed by atoms with van der Waals surface area (Å²) in [6.45, 7) is 3.73. The number of hydrogen-bond acceptors (Lipinski definition) is 3. The van der Waals surface area contributed by atoms with Gasteiger partial charge in [0.25, 0.3) is 5.91 Å². The summed E-state index contributed by atoms with van der Waals surface area (Å²) in [5.41, 5.74) is 6.24. The fourth-order valence-corrected chi connectivity index (χ4v) is 3.45. The van der Waals surface area contributed by atoms with Gasteiger partial charge in [0.15, 0.2) is 0 Å². The summed E-state index contributed by atoms with van der Waals surface area (Å²) in [6, 6.07) is 4.13. The highest BCUT2D eigenvalue weighted by Gasteiger charge is 2.25. The van der Waals surface area contributed by atoms with Crippen molar-refractivity contribution in [3.05, 3.63) is 35.1 Å². The minimum Gasteiger partial charge on any atom is -0.337 e. The van der Waals surface area contributed by atoms with Crippen LogP contribution in [0.2, 0.25) is 0 Å². The predicted molar refractivity (Wildman–Crippen MR) is 84.8 cm³/mol. The molecule has 0 bridgehead atoms. The largest absolute Gasteiger partial charge is 0.337 e. The zero-order valence-corrected chi connectivity index (χ0v) is 12.9. The summed E-state index contributed by atoms with van der Waals surface area (Å²) in [4.78, 5) is 14.4. The molecule has 2 rings (SSSR count). The van der Waals surface area contributed by atoms with Crippen molar-refractivity contribution in [2.45, 2.75) is 18.6 Å². The Morgan fingerprint density at radius 2 is 2.38 bits per heavy atom. The zero-order valence-electron chi connectivity index (χ0n) is 12.1. The van der Waals surface area contributed by atoms with E-state index in [1.807, 2.05) is 11.8 Å². The molecule has 1 heterocycles. The van der Waals surface area contributed by atoms with E-state index in [1.165, 1.54) is 12.1 Å².